The van der Waals surface area contributed by atoms with Crippen molar-refractivity contribution in [2.45, 2.75) is 20.0 Å². The number of hydrogen-bond acceptors (Lipinski definition) is 7. The number of rotatable bonds is 6. The fraction of sp³-hybridized carbons (Fsp3) is 0.250. The molecule has 0 saturated carbocycles. The van der Waals surface area contributed by atoms with E-state index in [2.05, 4.69) is 15.0 Å². The molecule has 0 radical (unpaired) electrons. The molecule has 0 saturated heterocycles. The van der Waals surface area contributed by atoms with Gasteiger partial charge < -0.3 is 9.47 Å². The first-order chi connectivity index (χ1) is 11.4. The van der Waals surface area contributed by atoms with Gasteiger partial charge in [0.05, 0.1) is 13.3 Å². The van der Waals surface area contributed by atoms with Crippen molar-refractivity contribution in [2.75, 3.05) is 12.4 Å². The van der Waals surface area contributed by atoms with Gasteiger partial charge in [-0.15, -0.1) is 0 Å². The third kappa shape index (κ3) is 4.39. The molecular formula is C16H16N2O5S. The van der Waals surface area contributed by atoms with E-state index >= 15 is 0 Å². The molecule has 1 aromatic heterocycles. The van der Waals surface area contributed by atoms with Crippen molar-refractivity contribution in [2.24, 2.45) is 0 Å². The van der Waals surface area contributed by atoms with Crippen LogP contribution >= 0.6 is 11.3 Å². The minimum atomic E-state index is -0.779. The van der Waals surface area contributed by atoms with Gasteiger partial charge in [-0.25, -0.2) is 9.78 Å². The van der Waals surface area contributed by atoms with E-state index in [0.717, 1.165) is 11.3 Å². The SMILES string of the molecule is COC(=O)c1cnc(NC(=O)C(C)Oc2ccc(C(C)=O)cc2)s1. The van der Waals surface area contributed by atoms with Gasteiger partial charge in [0, 0.05) is 5.56 Å². The third-order valence-electron chi connectivity index (χ3n) is 3.07. The van der Waals surface area contributed by atoms with Gasteiger partial charge in [-0.2, -0.15) is 0 Å². The van der Waals surface area contributed by atoms with E-state index in [0.29, 0.717) is 16.2 Å². The van der Waals surface area contributed by atoms with Crippen molar-refractivity contribution in [3.63, 3.8) is 0 Å². The number of nitrogens with zero attached hydrogens (tertiary/aromatic N) is 1. The molecule has 1 N–H and O–H groups in total. The van der Waals surface area contributed by atoms with Crippen LogP contribution < -0.4 is 10.1 Å². The molecule has 1 aromatic carbocycles. The molecule has 0 fully saturated rings. The van der Waals surface area contributed by atoms with Gasteiger partial charge in [0.1, 0.15) is 10.6 Å². The fourth-order valence-corrected chi connectivity index (χ4v) is 2.50. The average molecular weight is 348 g/mol. The highest BCUT2D eigenvalue weighted by molar-refractivity contribution is 7.17. The molecular weight excluding hydrogens is 332 g/mol. The highest BCUT2D eigenvalue weighted by Crippen LogP contribution is 2.20. The predicted molar refractivity (Wildman–Crippen MR) is 88.6 cm³/mol. The topological polar surface area (TPSA) is 94.6 Å². The summed E-state index contributed by atoms with van der Waals surface area (Å²) in [6.07, 6.45) is 0.552. The summed E-state index contributed by atoms with van der Waals surface area (Å²) in [6.45, 7) is 3.06. The predicted octanol–water partition coefficient (Wildman–Crippen LogP) is 2.54. The first kappa shape index (κ1) is 17.6. The number of Topliss-reactive ketones (excluding diaryl/α,β-unsaturated/α-hetero) is 1. The smallest absolute Gasteiger partial charge is 0.349 e. The summed E-state index contributed by atoms with van der Waals surface area (Å²) in [7, 11) is 1.27. The summed E-state index contributed by atoms with van der Waals surface area (Å²) in [6, 6.07) is 6.51. The first-order valence-electron chi connectivity index (χ1n) is 7.03. The normalized spacial score (nSPS) is 11.5. The second kappa shape index (κ2) is 7.69. The summed E-state index contributed by atoms with van der Waals surface area (Å²) >= 11 is 1.01. The van der Waals surface area contributed by atoms with E-state index in [4.69, 9.17) is 4.74 Å². The molecule has 0 aliphatic carbocycles. The summed E-state index contributed by atoms with van der Waals surface area (Å²) in [5, 5.41) is 2.85. The molecule has 1 amide bonds. The molecule has 0 spiro atoms. The molecule has 2 aromatic rings. The lowest BCUT2D eigenvalue weighted by Crippen LogP contribution is -2.30. The van der Waals surface area contributed by atoms with Crippen molar-refractivity contribution < 1.29 is 23.9 Å². The van der Waals surface area contributed by atoms with Gasteiger partial charge in [0.2, 0.25) is 0 Å². The van der Waals surface area contributed by atoms with E-state index in [1.54, 1.807) is 31.2 Å². The Balaban J connectivity index is 1.95. The van der Waals surface area contributed by atoms with E-state index in [9.17, 15) is 14.4 Å². The van der Waals surface area contributed by atoms with Gasteiger partial charge in [-0.05, 0) is 38.1 Å². The number of hydrogen-bond donors (Lipinski definition) is 1. The number of anilines is 1. The van der Waals surface area contributed by atoms with Crippen LogP contribution in [0.1, 0.15) is 33.9 Å². The average Bonchev–Trinajstić information content (AvgIpc) is 3.03. The van der Waals surface area contributed by atoms with Crippen LogP contribution in [0.15, 0.2) is 30.5 Å². The van der Waals surface area contributed by atoms with E-state index in [1.807, 2.05) is 0 Å². The Morgan fingerprint density at radius 2 is 1.88 bits per heavy atom. The molecule has 0 aliphatic rings. The molecule has 24 heavy (non-hydrogen) atoms. The standard InChI is InChI=1S/C16H16N2O5S/c1-9(19)11-4-6-12(7-5-11)23-10(2)14(20)18-16-17-8-13(24-16)15(21)22-3/h4-8,10H,1-3H3,(H,17,18,20). The number of amides is 1. The number of nitrogens with one attached hydrogen (secondary N) is 1. The monoisotopic (exact) mass is 348 g/mol. The second-order valence-corrected chi connectivity index (χ2v) is 5.88. The van der Waals surface area contributed by atoms with Crippen LogP contribution in [0, 0.1) is 0 Å². The number of ketones is 1. The Labute approximate surface area is 142 Å². The van der Waals surface area contributed by atoms with E-state index < -0.39 is 18.0 Å². The summed E-state index contributed by atoms with van der Waals surface area (Å²) in [5.74, 6) is -0.492. The number of thiazole rings is 1. The number of esters is 1. The Hall–Kier alpha value is -2.74. The zero-order chi connectivity index (χ0) is 17.7. The van der Waals surface area contributed by atoms with Crippen LogP contribution in [0.5, 0.6) is 5.75 Å². The van der Waals surface area contributed by atoms with Crippen LogP contribution in [-0.4, -0.2) is 35.9 Å². The van der Waals surface area contributed by atoms with Crippen molar-refractivity contribution in [1.82, 2.24) is 4.98 Å². The molecule has 2 rings (SSSR count). The number of carbonyl (C=O) groups is 3. The van der Waals surface area contributed by atoms with Crippen LogP contribution in [0.4, 0.5) is 5.13 Å². The Kier molecular flexibility index (Phi) is 5.64. The second-order valence-electron chi connectivity index (χ2n) is 4.85. The third-order valence-corrected chi connectivity index (χ3v) is 3.96. The molecule has 0 aliphatic heterocycles. The largest absolute Gasteiger partial charge is 0.481 e. The van der Waals surface area contributed by atoms with Gasteiger partial charge >= 0.3 is 5.97 Å². The van der Waals surface area contributed by atoms with E-state index in [-0.39, 0.29) is 10.9 Å². The highest BCUT2D eigenvalue weighted by atomic mass is 32.1. The van der Waals surface area contributed by atoms with Gasteiger partial charge in [-0.1, -0.05) is 11.3 Å². The Bertz CT molecular complexity index is 754. The molecule has 1 heterocycles. The fourth-order valence-electron chi connectivity index (χ4n) is 1.76. The maximum absolute atomic E-state index is 12.1. The maximum Gasteiger partial charge on any atom is 0.349 e. The minimum Gasteiger partial charge on any atom is -0.481 e. The number of benzene rings is 1. The van der Waals surface area contributed by atoms with Crippen LogP contribution in [-0.2, 0) is 9.53 Å². The van der Waals surface area contributed by atoms with Crippen LogP contribution in [0.3, 0.4) is 0 Å². The number of aromatic nitrogens is 1. The van der Waals surface area contributed by atoms with Gasteiger partial charge in [0.15, 0.2) is 17.0 Å². The molecule has 0 bridgehead atoms. The Morgan fingerprint density at radius 1 is 1.21 bits per heavy atom. The van der Waals surface area contributed by atoms with Crippen molar-refractivity contribution in [3.8, 4) is 5.75 Å². The molecule has 1 atom stereocenters. The number of carbonyl (C=O) groups excluding carboxylic acids is 3. The molecule has 8 heteroatoms. The lowest BCUT2D eigenvalue weighted by atomic mass is 10.1. The lowest BCUT2D eigenvalue weighted by Gasteiger charge is -2.13. The van der Waals surface area contributed by atoms with Crippen molar-refractivity contribution >= 4 is 34.1 Å². The molecule has 1 unspecified atom stereocenters. The lowest BCUT2D eigenvalue weighted by molar-refractivity contribution is -0.122. The summed E-state index contributed by atoms with van der Waals surface area (Å²) < 4.78 is 10.1. The van der Waals surface area contributed by atoms with Crippen LogP contribution in [0.2, 0.25) is 0 Å². The number of ether oxygens (including phenoxy) is 2. The number of methoxy groups -OCH3 is 1. The highest BCUT2D eigenvalue weighted by Gasteiger charge is 2.18. The summed E-state index contributed by atoms with van der Waals surface area (Å²) in [5.41, 5.74) is 0.567. The first-order valence-corrected chi connectivity index (χ1v) is 7.85. The molecule has 126 valence electrons. The van der Waals surface area contributed by atoms with Gasteiger partial charge in [-0.3, -0.25) is 14.9 Å². The quantitative estimate of drug-likeness (QED) is 0.637. The minimum absolute atomic E-state index is 0.0440. The van der Waals surface area contributed by atoms with Crippen molar-refractivity contribution in [3.05, 3.63) is 40.9 Å². The van der Waals surface area contributed by atoms with Crippen LogP contribution in [0.25, 0.3) is 0 Å². The van der Waals surface area contributed by atoms with E-state index in [1.165, 1.54) is 20.2 Å². The Morgan fingerprint density at radius 3 is 2.46 bits per heavy atom. The maximum atomic E-state index is 12.1. The molecule has 7 nitrogen and oxygen atoms in total. The van der Waals surface area contributed by atoms with Crippen molar-refractivity contribution in [1.29, 1.82) is 0 Å². The van der Waals surface area contributed by atoms with Gasteiger partial charge in [0.25, 0.3) is 5.91 Å². The summed E-state index contributed by atoms with van der Waals surface area (Å²) in [4.78, 5) is 38.9. The zero-order valence-corrected chi connectivity index (χ0v) is 14.2. The zero-order valence-electron chi connectivity index (χ0n) is 13.4.